The fourth-order valence-corrected chi connectivity index (χ4v) is 3.85. The summed E-state index contributed by atoms with van der Waals surface area (Å²) in [5, 5.41) is 2.10. The van der Waals surface area contributed by atoms with Gasteiger partial charge in [0.25, 0.3) is 5.56 Å². The molecule has 4 aromatic rings. The summed E-state index contributed by atoms with van der Waals surface area (Å²) in [7, 11) is 0. The first-order valence-corrected chi connectivity index (χ1v) is 9.32. The zero-order chi connectivity index (χ0) is 17.4. The maximum absolute atomic E-state index is 13.3. The smallest absolute Gasteiger partial charge is 0.283 e. The minimum absolute atomic E-state index is 0.0572. The van der Waals surface area contributed by atoms with Gasteiger partial charge in [0, 0.05) is 16.2 Å². The van der Waals surface area contributed by atoms with E-state index in [9.17, 15) is 4.79 Å². The molecule has 0 radical (unpaired) electrons. The van der Waals surface area contributed by atoms with Crippen LogP contribution in [0.2, 0.25) is 0 Å². The summed E-state index contributed by atoms with van der Waals surface area (Å²) >= 11 is 1.64. The Morgan fingerprint density at radius 2 is 1.84 bits per heavy atom. The second-order valence-electron chi connectivity index (χ2n) is 6.10. The van der Waals surface area contributed by atoms with Gasteiger partial charge in [0.15, 0.2) is 5.16 Å². The number of para-hydroxylation sites is 2. The molecule has 0 saturated heterocycles. The van der Waals surface area contributed by atoms with E-state index in [1.54, 1.807) is 16.3 Å². The number of hydrogen-bond acceptors (Lipinski definition) is 3. The number of thioether (sulfide) groups is 1. The SMILES string of the molecule is CC[C@@H](C)Sc1nc2c([nH]c3ccccc32)c(=O)n1-c1ccccc1. The molecule has 25 heavy (non-hydrogen) atoms. The van der Waals surface area contributed by atoms with Crippen LogP contribution in [0.3, 0.4) is 0 Å². The van der Waals surface area contributed by atoms with Gasteiger partial charge in [-0.3, -0.25) is 9.36 Å². The number of hydrogen-bond donors (Lipinski definition) is 1. The first-order valence-electron chi connectivity index (χ1n) is 8.44. The standard InChI is InChI=1S/C20H19N3OS/c1-3-13(2)25-20-22-17-15-11-7-8-12-16(15)21-18(17)19(24)23(20)14-9-5-4-6-10-14/h4-13,21H,3H2,1-2H3/t13-/m1/s1. The Balaban J connectivity index is 2.07. The quantitative estimate of drug-likeness (QED) is 0.427. The number of aromatic amines is 1. The van der Waals surface area contributed by atoms with E-state index in [4.69, 9.17) is 4.98 Å². The molecule has 4 rings (SSSR count). The highest BCUT2D eigenvalue weighted by Gasteiger charge is 2.18. The lowest BCUT2D eigenvalue weighted by atomic mass is 10.2. The van der Waals surface area contributed by atoms with E-state index in [2.05, 4.69) is 18.8 Å². The van der Waals surface area contributed by atoms with Crippen molar-refractivity contribution in [1.29, 1.82) is 0 Å². The van der Waals surface area contributed by atoms with Crippen LogP contribution in [0.25, 0.3) is 27.6 Å². The topological polar surface area (TPSA) is 50.7 Å². The molecule has 0 fully saturated rings. The molecular weight excluding hydrogens is 330 g/mol. The van der Waals surface area contributed by atoms with Gasteiger partial charge in [0.1, 0.15) is 11.0 Å². The number of fused-ring (bicyclic) bond motifs is 3. The van der Waals surface area contributed by atoms with E-state index in [0.29, 0.717) is 10.8 Å². The average Bonchev–Trinajstić information content (AvgIpc) is 3.02. The van der Waals surface area contributed by atoms with Gasteiger partial charge in [0.2, 0.25) is 0 Å². The fourth-order valence-electron chi connectivity index (χ4n) is 2.89. The monoisotopic (exact) mass is 349 g/mol. The van der Waals surface area contributed by atoms with Crippen LogP contribution in [-0.4, -0.2) is 19.8 Å². The second kappa shape index (κ2) is 6.41. The van der Waals surface area contributed by atoms with Crippen LogP contribution in [0, 0.1) is 0 Å². The summed E-state index contributed by atoms with van der Waals surface area (Å²) < 4.78 is 1.72. The normalized spacial score (nSPS) is 12.7. The van der Waals surface area contributed by atoms with Gasteiger partial charge in [-0.25, -0.2) is 4.98 Å². The second-order valence-corrected chi connectivity index (χ2v) is 7.51. The van der Waals surface area contributed by atoms with Crippen LogP contribution in [-0.2, 0) is 0 Å². The van der Waals surface area contributed by atoms with Crippen molar-refractivity contribution < 1.29 is 0 Å². The average molecular weight is 349 g/mol. The Labute approximate surface area is 149 Å². The molecule has 1 atom stereocenters. The molecule has 5 heteroatoms. The molecule has 0 spiro atoms. The number of nitrogens with one attached hydrogen (secondary N) is 1. The maximum Gasteiger partial charge on any atom is 0.283 e. The summed E-state index contributed by atoms with van der Waals surface area (Å²) in [6.45, 7) is 4.30. The van der Waals surface area contributed by atoms with Crippen molar-refractivity contribution in [2.45, 2.75) is 30.7 Å². The van der Waals surface area contributed by atoms with Gasteiger partial charge in [-0.2, -0.15) is 0 Å². The Bertz CT molecular complexity index is 1100. The van der Waals surface area contributed by atoms with Crippen LogP contribution < -0.4 is 5.56 Å². The van der Waals surface area contributed by atoms with Gasteiger partial charge < -0.3 is 4.98 Å². The molecule has 2 aromatic carbocycles. The van der Waals surface area contributed by atoms with Gasteiger partial charge in [-0.15, -0.1) is 0 Å². The highest BCUT2D eigenvalue weighted by Crippen LogP contribution is 2.29. The van der Waals surface area contributed by atoms with Gasteiger partial charge >= 0.3 is 0 Å². The van der Waals surface area contributed by atoms with Gasteiger partial charge in [-0.05, 0) is 24.6 Å². The summed E-state index contributed by atoms with van der Waals surface area (Å²) in [4.78, 5) is 21.4. The van der Waals surface area contributed by atoms with Crippen molar-refractivity contribution in [3.63, 3.8) is 0 Å². The van der Waals surface area contributed by atoms with E-state index in [1.165, 1.54) is 0 Å². The lowest BCUT2D eigenvalue weighted by Crippen LogP contribution is -2.22. The molecule has 4 nitrogen and oxygen atoms in total. The van der Waals surface area contributed by atoms with E-state index in [1.807, 2.05) is 54.6 Å². The fraction of sp³-hybridized carbons (Fsp3) is 0.200. The largest absolute Gasteiger partial charge is 0.349 e. The van der Waals surface area contributed by atoms with E-state index in [0.717, 1.165) is 33.7 Å². The summed E-state index contributed by atoms with van der Waals surface area (Å²) in [6.07, 6.45) is 1.02. The molecule has 0 aliphatic heterocycles. The molecule has 0 saturated carbocycles. The van der Waals surface area contributed by atoms with Gasteiger partial charge in [-0.1, -0.05) is 62.0 Å². The molecule has 2 aromatic heterocycles. The lowest BCUT2D eigenvalue weighted by Gasteiger charge is -2.14. The highest BCUT2D eigenvalue weighted by molar-refractivity contribution is 7.99. The summed E-state index contributed by atoms with van der Waals surface area (Å²) in [5.74, 6) is 0. The van der Waals surface area contributed by atoms with Crippen molar-refractivity contribution in [3.05, 3.63) is 65.0 Å². The van der Waals surface area contributed by atoms with Crippen LogP contribution >= 0.6 is 11.8 Å². The van der Waals surface area contributed by atoms with Crippen LogP contribution in [0.5, 0.6) is 0 Å². The molecule has 126 valence electrons. The Morgan fingerprint density at radius 3 is 2.60 bits per heavy atom. The number of benzene rings is 2. The summed E-state index contributed by atoms with van der Waals surface area (Å²) in [6, 6.07) is 17.6. The van der Waals surface area contributed by atoms with E-state index in [-0.39, 0.29) is 5.56 Å². The first-order chi connectivity index (χ1) is 12.2. The maximum atomic E-state index is 13.3. The number of rotatable bonds is 4. The Hall–Kier alpha value is -2.53. The van der Waals surface area contributed by atoms with Crippen molar-refractivity contribution in [1.82, 2.24) is 14.5 Å². The van der Waals surface area contributed by atoms with E-state index >= 15 is 0 Å². The number of nitrogens with zero attached hydrogens (tertiary/aromatic N) is 2. The first kappa shape index (κ1) is 16.0. The van der Waals surface area contributed by atoms with Crippen LogP contribution in [0.15, 0.2) is 64.5 Å². The number of aromatic nitrogens is 3. The predicted octanol–water partition coefficient (Wildman–Crippen LogP) is 4.76. The zero-order valence-corrected chi connectivity index (χ0v) is 15.0. The van der Waals surface area contributed by atoms with E-state index < -0.39 is 0 Å². The third kappa shape index (κ3) is 2.74. The molecule has 0 bridgehead atoms. The van der Waals surface area contributed by atoms with Crippen LogP contribution in [0.1, 0.15) is 20.3 Å². The minimum atomic E-state index is -0.0572. The Morgan fingerprint density at radius 1 is 1.12 bits per heavy atom. The van der Waals surface area contributed by atoms with Crippen molar-refractivity contribution >= 4 is 33.7 Å². The van der Waals surface area contributed by atoms with Crippen molar-refractivity contribution in [2.75, 3.05) is 0 Å². The molecular formula is C20H19N3OS. The molecule has 0 unspecified atom stereocenters. The highest BCUT2D eigenvalue weighted by atomic mass is 32.2. The lowest BCUT2D eigenvalue weighted by molar-refractivity contribution is 0.806. The molecule has 2 heterocycles. The van der Waals surface area contributed by atoms with Crippen molar-refractivity contribution in [3.8, 4) is 5.69 Å². The third-order valence-corrected chi connectivity index (χ3v) is 5.61. The summed E-state index contributed by atoms with van der Waals surface area (Å²) in [5.41, 5.74) is 3.02. The molecule has 1 N–H and O–H groups in total. The number of H-pyrrole nitrogens is 1. The predicted molar refractivity (Wildman–Crippen MR) is 105 cm³/mol. The van der Waals surface area contributed by atoms with Crippen molar-refractivity contribution in [2.24, 2.45) is 0 Å². The molecule has 0 aliphatic carbocycles. The third-order valence-electron chi connectivity index (χ3n) is 4.39. The van der Waals surface area contributed by atoms with Gasteiger partial charge in [0.05, 0.1) is 5.69 Å². The molecule has 0 aliphatic rings. The van der Waals surface area contributed by atoms with Crippen LogP contribution in [0.4, 0.5) is 0 Å². The zero-order valence-electron chi connectivity index (χ0n) is 14.2. The molecule has 0 amide bonds. The minimum Gasteiger partial charge on any atom is -0.349 e. The Kier molecular flexibility index (Phi) is 4.09.